The average molecular weight is 457 g/mol. The molecule has 0 saturated heterocycles. The van der Waals surface area contributed by atoms with Crippen molar-refractivity contribution in [2.75, 3.05) is 21.3 Å². The molecular formula is C27H23NO6. The molecule has 1 aromatic heterocycles. The van der Waals surface area contributed by atoms with Crippen molar-refractivity contribution >= 4 is 16.9 Å². The van der Waals surface area contributed by atoms with E-state index in [1.165, 1.54) is 0 Å². The fraction of sp³-hybridized carbons (Fsp3) is 0.185. The molecule has 3 aromatic carbocycles. The maximum Gasteiger partial charge on any atom is 0.291 e. The van der Waals surface area contributed by atoms with Gasteiger partial charge in [0.1, 0.15) is 11.3 Å². The first-order valence-corrected chi connectivity index (χ1v) is 10.8. The molecule has 1 aliphatic rings. The molecule has 1 amide bonds. The number of fused-ring (bicyclic) bond motifs is 2. The van der Waals surface area contributed by atoms with Crippen molar-refractivity contribution in [1.82, 2.24) is 4.90 Å². The highest BCUT2D eigenvalue weighted by Crippen LogP contribution is 2.41. The molecule has 1 atom stereocenters. The maximum atomic E-state index is 13.6. The summed E-state index contributed by atoms with van der Waals surface area (Å²) in [7, 11) is 4.71. The van der Waals surface area contributed by atoms with E-state index in [-0.39, 0.29) is 23.6 Å². The zero-order chi connectivity index (χ0) is 23.8. The Bertz CT molecular complexity index is 1440. The molecule has 0 N–H and O–H groups in total. The minimum Gasteiger partial charge on any atom is -0.497 e. The molecule has 0 fully saturated rings. The van der Waals surface area contributed by atoms with E-state index in [0.717, 1.165) is 16.9 Å². The van der Waals surface area contributed by atoms with E-state index in [4.69, 9.17) is 18.6 Å². The van der Waals surface area contributed by atoms with Gasteiger partial charge in [-0.25, -0.2) is 0 Å². The predicted octanol–water partition coefficient (Wildman–Crippen LogP) is 4.56. The molecule has 0 radical (unpaired) electrons. The van der Waals surface area contributed by atoms with Gasteiger partial charge in [0.05, 0.1) is 38.3 Å². The predicted molar refractivity (Wildman–Crippen MR) is 127 cm³/mol. The molecule has 34 heavy (non-hydrogen) atoms. The molecule has 7 heteroatoms. The van der Waals surface area contributed by atoms with Crippen molar-refractivity contribution in [2.45, 2.75) is 12.6 Å². The summed E-state index contributed by atoms with van der Waals surface area (Å²) in [4.78, 5) is 28.8. The Balaban J connectivity index is 1.69. The number of carbonyl (C=O) groups is 1. The summed E-state index contributed by atoms with van der Waals surface area (Å²) in [5.41, 5.74) is 2.11. The lowest BCUT2D eigenvalue weighted by Crippen LogP contribution is -2.29. The van der Waals surface area contributed by atoms with Gasteiger partial charge in [0.2, 0.25) is 5.76 Å². The van der Waals surface area contributed by atoms with Gasteiger partial charge >= 0.3 is 0 Å². The third-order valence-corrected chi connectivity index (χ3v) is 6.11. The van der Waals surface area contributed by atoms with Gasteiger partial charge in [-0.2, -0.15) is 0 Å². The zero-order valence-electron chi connectivity index (χ0n) is 19.0. The van der Waals surface area contributed by atoms with Crippen LogP contribution in [0.4, 0.5) is 0 Å². The molecule has 0 bridgehead atoms. The normalized spacial score (nSPS) is 14.9. The zero-order valence-corrected chi connectivity index (χ0v) is 19.0. The summed E-state index contributed by atoms with van der Waals surface area (Å²) in [6, 6.07) is 19.2. The van der Waals surface area contributed by atoms with Crippen LogP contribution in [0, 0.1) is 0 Å². The molecule has 0 saturated carbocycles. The Morgan fingerprint density at radius 3 is 2.29 bits per heavy atom. The van der Waals surface area contributed by atoms with Crippen LogP contribution in [0.5, 0.6) is 17.2 Å². The Hall–Kier alpha value is -4.26. The van der Waals surface area contributed by atoms with Gasteiger partial charge in [-0.3, -0.25) is 9.59 Å². The van der Waals surface area contributed by atoms with E-state index in [9.17, 15) is 9.59 Å². The second-order valence-corrected chi connectivity index (χ2v) is 7.97. The quantitative estimate of drug-likeness (QED) is 0.422. The van der Waals surface area contributed by atoms with Gasteiger partial charge in [0.25, 0.3) is 5.91 Å². The largest absolute Gasteiger partial charge is 0.497 e. The van der Waals surface area contributed by atoms with E-state index in [0.29, 0.717) is 28.0 Å². The van der Waals surface area contributed by atoms with Crippen LogP contribution >= 0.6 is 0 Å². The third-order valence-electron chi connectivity index (χ3n) is 6.11. The Labute approximate surface area is 196 Å². The number of amides is 1. The summed E-state index contributed by atoms with van der Waals surface area (Å²) in [5.74, 6) is 1.52. The molecular weight excluding hydrogens is 434 g/mol. The molecule has 2 heterocycles. The van der Waals surface area contributed by atoms with Gasteiger partial charge in [-0.1, -0.05) is 30.3 Å². The van der Waals surface area contributed by atoms with E-state index >= 15 is 0 Å². The summed E-state index contributed by atoms with van der Waals surface area (Å²) >= 11 is 0. The number of ether oxygens (including phenoxy) is 3. The summed E-state index contributed by atoms with van der Waals surface area (Å²) in [5, 5.41) is 0.436. The molecule has 1 aliphatic heterocycles. The number of methoxy groups -OCH3 is 3. The third kappa shape index (κ3) is 3.46. The second-order valence-electron chi connectivity index (χ2n) is 7.97. The maximum absolute atomic E-state index is 13.6. The Morgan fingerprint density at radius 2 is 1.59 bits per heavy atom. The molecule has 0 aliphatic carbocycles. The SMILES string of the molecule is COc1ccc(CN2C(=O)c3oc4ccccc4c(=O)c3C2c2ccc(OC)c(OC)c2)cc1. The first-order chi connectivity index (χ1) is 16.5. The summed E-state index contributed by atoms with van der Waals surface area (Å²) in [6.07, 6.45) is 0. The number of para-hydroxylation sites is 1. The number of rotatable bonds is 6. The highest BCUT2D eigenvalue weighted by Gasteiger charge is 2.43. The lowest BCUT2D eigenvalue weighted by molar-refractivity contribution is 0.0714. The van der Waals surface area contributed by atoms with Crippen LogP contribution in [-0.2, 0) is 6.54 Å². The Morgan fingerprint density at radius 1 is 0.853 bits per heavy atom. The van der Waals surface area contributed by atoms with Gasteiger partial charge in [0, 0.05) is 6.54 Å². The molecule has 4 aromatic rings. The number of nitrogens with zero attached hydrogens (tertiary/aromatic N) is 1. The average Bonchev–Trinajstić information content (AvgIpc) is 3.15. The number of benzene rings is 3. The molecule has 7 nitrogen and oxygen atoms in total. The number of hydrogen-bond donors (Lipinski definition) is 0. The molecule has 1 unspecified atom stereocenters. The first kappa shape index (κ1) is 21.6. The fourth-order valence-electron chi connectivity index (χ4n) is 4.43. The van der Waals surface area contributed by atoms with E-state index in [2.05, 4.69) is 0 Å². The van der Waals surface area contributed by atoms with E-state index in [1.54, 1.807) is 62.6 Å². The van der Waals surface area contributed by atoms with Crippen molar-refractivity contribution in [3.8, 4) is 17.2 Å². The lowest BCUT2D eigenvalue weighted by Gasteiger charge is -2.26. The number of hydrogen-bond acceptors (Lipinski definition) is 6. The lowest BCUT2D eigenvalue weighted by atomic mass is 9.97. The summed E-state index contributed by atoms with van der Waals surface area (Å²) in [6.45, 7) is 0.280. The van der Waals surface area contributed by atoms with Gasteiger partial charge in [0.15, 0.2) is 16.9 Å². The van der Waals surface area contributed by atoms with E-state index in [1.807, 2.05) is 30.3 Å². The van der Waals surface area contributed by atoms with Crippen LogP contribution < -0.4 is 19.6 Å². The standard InChI is InChI=1S/C27H23NO6/c1-31-18-11-8-16(9-12-18)15-28-24(17-10-13-21(32-2)22(14-17)33-3)23-25(29)19-6-4-5-7-20(19)34-26(23)27(28)30/h4-14,24H,15H2,1-3H3. The van der Waals surface area contributed by atoms with Crippen molar-refractivity contribution in [1.29, 1.82) is 0 Å². The Kier molecular flexibility index (Phi) is 5.45. The van der Waals surface area contributed by atoms with Gasteiger partial charge in [-0.05, 0) is 47.5 Å². The van der Waals surface area contributed by atoms with Gasteiger partial charge in [-0.15, -0.1) is 0 Å². The van der Waals surface area contributed by atoms with Gasteiger partial charge < -0.3 is 23.5 Å². The van der Waals surface area contributed by atoms with E-state index < -0.39 is 6.04 Å². The minimum absolute atomic E-state index is 0.0667. The van der Waals surface area contributed by atoms with Crippen molar-refractivity contribution < 1.29 is 23.4 Å². The fourth-order valence-corrected chi connectivity index (χ4v) is 4.43. The molecule has 0 spiro atoms. The number of carbonyl (C=O) groups excluding carboxylic acids is 1. The minimum atomic E-state index is -0.648. The van der Waals surface area contributed by atoms with Crippen LogP contribution in [0.15, 0.2) is 75.9 Å². The monoisotopic (exact) mass is 457 g/mol. The van der Waals surface area contributed by atoms with Crippen molar-refractivity contribution in [3.05, 3.63) is 99.4 Å². The molecule has 172 valence electrons. The first-order valence-electron chi connectivity index (χ1n) is 10.8. The topological polar surface area (TPSA) is 78.2 Å². The van der Waals surface area contributed by atoms with Crippen LogP contribution in [0.1, 0.15) is 33.3 Å². The van der Waals surface area contributed by atoms with Crippen molar-refractivity contribution in [2.24, 2.45) is 0 Å². The van der Waals surface area contributed by atoms with Crippen LogP contribution in [-0.4, -0.2) is 32.1 Å². The van der Waals surface area contributed by atoms with Crippen LogP contribution in [0.3, 0.4) is 0 Å². The highest BCUT2D eigenvalue weighted by atomic mass is 16.5. The second kappa shape index (κ2) is 8.59. The van der Waals surface area contributed by atoms with Crippen molar-refractivity contribution in [3.63, 3.8) is 0 Å². The van der Waals surface area contributed by atoms with Crippen LogP contribution in [0.25, 0.3) is 11.0 Å². The smallest absolute Gasteiger partial charge is 0.291 e. The highest BCUT2D eigenvalue weighted by molar-refractivity contribution is 5.99. The molecule has 5 rings (SSSR count). The summed E-state index contributed by atoms with van der Waals surface area (Å²) < 4.78 is 22.1. The van der Waals surface area contributed by atoms with Crippen LogP contribution in [0.2, 0.25) is 0 Å².